The van der Waals surface area contributed by atoms with Crippen molar-refractivity contribution in [3.05, 3.63) is 50.6 Å². The Morgan fingerprint density at radius 2 is 1.95 bits per heavy atom. The number of carbonyl (C=O) groups excluding carboxylic acids is 1. The van der Waals surface area contributed by atoms with E-state index in [1.54, 1.807) is 18.2 Å². The third kappa shape index (κ3) is 3.10. The molecule has 19 heavy (non-hydrogen) atoms. The Hall–Kier alpha value is -1.47. The number of phenols is 2. The Labute approximate surface area is 128 Å². The Bertz CT molecular complexity index is 646. The van der Waals surface area contributed by atoms with Crippen LogP contribution in [0.15, 0.2) is 36.4 Å². The molecule has 0 saturated carbocycles. The van der Waals surface area contributed by atoms with Gasteiger partial charge in [0.25, 0.3) is 5.91 Å². The SMILES string of the molecule is O=C(Nc1ccc(I)cc1Cl)c1cccc(O)c1O. The van der Waals surface area contributed by atoms with Gasteiger partial charge >= 0.3 is 0 Å². The van der Waals surface area contributed by atoms with Crippen LogP contribution in [0.4, 0.5) is 5.69 Å². The molecule has 2 aromatic rings. The highest BCUT2D eigenvalue weighted by Crippen LogP contribution is 2.30. The fourth-order valence-electron chi connectivity index (χ4n) is 1.50. The van der Waals surface area contributed by atoms with E-state index in [-0.39, 0.29) is 11.3 Å². The lowest BCUT2D eigenvalue weighted by Gasteiger charge is -2.09. The normalized spacial score (nSPS) is 10.2. The van der Waals surface area contributed by atoms with Gasteiger partial charge in [0.1, 0.15) is 0 Å². The Kier molecular flexibility index (Phi) is 4.16. The van der Waals surface area contributed by atoms with Crippen molar-refractivity contribution < 1.29 is 15.0 Å². The zero-order chi connectivity index (χ0) is 14.0. The van der Waals surface area contributed by atoms with E-state index >= 15 is 0 Å². The second-order valence-corrected chi connectivity index (χ2v) is 5.40. The van der Waals surface area contributed by atoms with Crippen LogP contribution in [0.5, 0.6) is 11.5 Å². The maximum atomic E-state index is 12.0. The summed E-state index contributed by atoms with van der Waals surface area (Å²) in [5.74, 6) is -1.35. The minimum Gasteiger partial charge on any atom is -0.504 e. The van der Waals surface area contributed by atoms with Crippen molar-refractivity contribution in [3.8, 4) is 11.5 Å². The molecule has 0 bridgehead atoms. The molecule has 1 amide bonds. The summed E-state index contributed by atoms with van der Waals surface area (Å²) in [6.07, 6.45) is 0. The van der Waals surface area contributed by atoms with Crippen molar-refractivity contribution in [2.24, 2.45) is 0 Å². The van der Waals surface area contributed by atoms with Gasteiger partial charge in [-0.25, -0.2) is 0 Å². The van der Waals surface area contributed by atoms with Gasteiger partial charge in [0, 0.05) is 3.57 Å². The van der Waals surface area contributed by atoms with E-state index in [0.29, 0.717) is 10.7 Å². The quantitative estimate of drug-likeness (QED) is 0.543. The highest BCUT2D eigenvalue weighted by Gasteiger charge is 2.15. The smallest absolute Gasteiger partial charge is 0.259 e. The molecule has 6 heteroatoms. The number of hydrogen-bond acceptors (Lipinski definition) is 3. The van der Waals surface area contributed by atoms with Gasteiger partial charge < -0.3 is 15.5 Å². The van der Waals surface area contributed by atoms with E-state index in [0.717, 1.165) is 3.57 Å². The largest absolute Gasteiger partial charge is 0.504 e. The maximum Gasteiger partial charge on any atom is 0.259 e. The lowest BCUT2D eigenvalue weighted by Crippen LogP contribution is -2.12. The lowest BCUT2D eigenvalue weighted by molar-refractivity contribution is 0.102. The molecule has 0 radical (unpaired) electrons. The first-order valence-corrected chi connectivity index (χ1v) is 6.72. The number of rotatable bonds is 2. The van der Waals surface area contributed by atoms with Crippen LogP contribution in [0.25, 0.3) is 0 Å². The van der Waals surface area contributed by atoms with Gasteiger partial charge in [0.2, 0.25) is 0 Å². The number of amides is 1. The van der Waals surface area contributed by atoms with Crippen molar-refractivity contribution in [2.45, 2.75) is 0 Å². The van der Waals surface area contributed by atoms with Crippen molar-refractivity contribution in [2.75, 3.05) is 5.32 Å². The maximum absolute atomic E-state index is 12.0. The molecule has 0 aliphatic carbocycles. The third-order valence-corrected chi connectivity index (χ3v) is 3.42. The van der Waals surface area contributed by atoms with Crippen LogP contribution in [0.2, 0.25) is 5.02 Å². The van der Waals surface area contributed by atoms with Gasteiger partial charge in [-0.3, -0.25) is 4.79 Å². The molecule has 2 aromatic carbocycles. The second-order valence-electron chi connectivity index (χ2n) is 3.75. The average molecular weight is 390 g/mol. The van der Waals surface area contributed by atoms with Crippen LogP contribution in [0.3, 0.4) is 0 Å². The molecule has 0 atom stereocenters. The summed E-state index contributed by atoms with van der Waals surface area (Å²) in [4.78, 5) is 12.0. The third-order valence-electron chi connectivity index (χ3n) is 2.44. The summed E-state index contributed by atoms with van der Waals surface area (Å²) in [5, 5.41) is 21.9. The Morgan fingerprint density at radius 1 is 1.21 bits per heavy atom. The number of nitrogens with one attached hydrogen (secondary N) is 1. The Balaban J connectivity index is 2.28. The predicted octanol–water partition coefficient (Wildman–Crippen LogP) is 3.61. The first-order valence-electron chi connectivity index (χ1n) is 5.26. The fraction of sp³-hybridized carbons (Fsp3) is 0. The lowest BCUT2D eigenvalue weighted by atomic mass is 10.1. The number of para-hydroxylation sites is 1. The summed E-state index contributed by atoms with van der Waals surface area (Å²) in [6, 6.07) is 9.35. The van der Waals surface area contributed by atoms with E-state index in [4.69, 9.17) is 11.6 Å². The van der Waals surface area contributed by atoms with Crippen molar-refractivity contribution >= 4 is 45.8 Å². The topological polar surface area (TPSA) is 69.6 Å². The molecule has 0 fully saturated rings. The summed E-state index contributed by atoms with van der Waals surface area (Å²) in [6.45, 7) is 0. The van der Waals surface area contributed by atoms with Crippen molar-refractivity contribution in [3.63, 3.8) is 0 Å². The molecule has 0 spiro atoms. The average Bonchev–Trinajstić information content (AvgIpc) is 2.36. The number of benzene rings is 2. The van der Waals surface area contributed by atoms with E-state index in [1.165, 1.54) is 18.2 Å². The zero-order valence-electron chi connectivity index (χ0n) is 9.52. The van der Waals surface area contributed by atoms with E-state index in [1.807, 2.05) is 0 Å². The summed E-state index contributed by atoms with van der Waals surface area (Å²) in [5.41, 5.74) is 0.421. The van der Waals surface area contributed by atoms with E-state index < -0.39 is 11.7 Å². The van der Waals surface area contributed by atoms with Gasteiger partial charge in [-0.2, -0.15) is 0 Å². The fourth-order valence-corrected chi connectivity index (χ4v) is 2.40. The van der Waals surface area contributed by atoms with Gasteiger partial charge in [-0.15, -0.1) is 0 Å². The second kappa shape index (κ2) is 5.66. The molecule has 3 N–H and O–H groups in total. The summed E-state index contributed by atoms with van der Waals surface area (Å²) >= 11 is 8.11. The molecule has 2 rings (SSSR count). The van der Waals surface area contributed by atoms with Gasteiger partial charge in [0.15, 0.2) is 11.5 Å². The minimum absolute atomic E-state index is 0.0189. The molecule has 98 valence electrons. The molecular weight excluding hydrogens is 381 g/mol. The number of phenolic OH excluding ortho intramolecular Hbond substituents is 2. The van der Waals surface area contributed by atoms with Crippen LogP contribution in [-0.4, -0.2) is 16.1 Å². The Morgan fingerprint density at radius 3 is 2.63 bits per heavy atom. The van der Waals surface area contributed by atoms with Gasteiger partial charge in [0.05, 0.1) is 16.3 Å². The minimum atomic E-state index is -0.545. The number of carbonyl (C=O) groups is 1. The number of halogens is 2. The van der Waals surface area contributed by atoms with E-state index in [9.17, 15) is 15.0 Å². The predicted molar refractivity (Wildman–Crippen MR) is 81.9 cm³/mol. The number of hydrogen-bond donors (Lipinski definition) is 3. The first kappa shape index (κ1) is 14.0. The monoisotopic (exact) mass is 389 g/mol. The number of anilines is 1. The van der Waals surface area contributed by atoms with Crippen LogP contribution >= 0.6 is 34.2 Å². The van der Waals surface area contributed by atoms with Crippen molar-refractivity contribution in [1.29, 1.82) is 0 Å². The molecular formula is C13H9ClINO3. The highest BCUT2D eigenvalue weighted by atomic mass is 127. The molecule has 4 nitrogen and oxygen atoms in total. The summed E-state index contributed by atoms with van der Waals surface area (Å²) in [7, 11) is 0. The standard InChI is InChI=1S/C13H9ClINO3/c14-9-6-7(15)4-5-10(9)16-13(19)8-2-1-3-11(17)12(8)18/h1-6,17-18H,(H,16,19). The molecule has 0 unspecified atom stereocenters. The van der Waals surface area contributed by atoms with Gasteiger partial charge in [-0.05, 0) is 52.9 Å². The molecule has 0 heterocycles. The first-order chi connectivity index (χ1) is 8.99. The van der Waals surface area contributed by atoms with Crippen LogP contribution < -0.4 is 5.32 Å². The van der Waals surface area contributed by atoms with Crippen LogP contribution in [0, 0.1) is 3.57 Å². The van der Waals surface area contributed by atoms with Crippen LogP contribution in [-0.2, 0) is 0 Å². The molecule has 0 aliphatic rings. The van der Waals surface area contributed by atoms with E-state index in [2.05, 4.69) is 27.9 Å². The molecule has 0 saturated heterocycles. The highest BCUT2D eigenvalue weighted by molar-refractivity contribution is 14.1. The van der Waals surface area contributed by atoms with Crippen LogP contribution in [0.1, 0.15) is 10.4 Å². The molecule has 0 aromatic heterocycles. The van der Waals surface area contributed by atoms with Crippen molar-refractivity contribution in [1.82, 2.24) is 0 Å². The zero-order valence-corrected chi connectivity index (χ0v) is 12.4. The molecule has 0 aliphatic heterocycles. The summed E-state index contributed by atoms with van der Waals surface area (Å²) < 4.78 is 0.945. The number of aromatic hydroxyl groups is 2. The van der Waals surface area contributed by atoms with Gasteiger partial charge in [-0.1, -0.05) is 17.7 Å².